The number of aliphatic imine (C=N–C) groups is 1. The number of phenolic OH excluding ortho intramolecular Hbond substituents is 1. The number of rotatable bonds is 3. The second kappa shape index (κ2) is 6.10. The number of carbonyl (C=O) groups excluding carboxylic acids is 1. The highest BCUT2D eigenvalue weighted by molar-refractivity contribution is 6.11. The van der Waals surface area contributed by atoms with E-state index in [1.54, 1.807) is 30.3 Å². The van der Waals surface area contributed by atoms with Gasteiger partial charge in [0.2, 0.25) is 5.90 Å². The maximum Gasteiger partial charge on any atom is 0.363 e. The van der Waals surface area contributed by atoms with Crippen LogP contribution < -0.4 is 0 Å². The van der Waals surface area contributed by atoms with Gasteiger partial charge in [0.1, 0.15) is 5.75 Å². The summed E-state index contributed by atoms with van der Waals surface area (Å²) in [5.74, 6) is -0.210. The molecule has 0 spiro atoms. The fourth-order valence-electron chi connectivity index (χ4n) is 1.99. The number of ether oxygens (including phenoxy) is 1. The summed E-state index contributed by atoms with van der Waals surface area (Å²) in [4.78, 5) is 15.9. The standard InChI is InChI=1S/C18H13NO3/c20-16-9-5-4-8-14(16)12-15-18(21)22-17(19-15)11-10-13-6-2-1-3-7-13/h1-12,20H/b11-10+,15-12-. The van der Waals surface area contributed by atoms with Crippen molar-refractivity contribution in [1.82, 2.24) is 0 Å². The molecule has 4 nitrogen and oxygen atoms in total. The van der Waals surface area contributed by atoms with Crippen LogP contribution in [0, 0.1) is 0 Å². The van der Waals surface area contributed by atoms with E-state index in [1.165, 1.54) is 6.08 Å². The number of para-hydroxylation sites is 1. The Balaban J connectivity index is 1.83. The SMILES string of the molecule is O=C1OC(/C=C/c2ccccc2)=NC/1=C\c1ccccc1O. The molecule has 0 amide bonds. The highest BCUT2D eigenvalue weighted by Crippen LogP contribution is 2.22. The van der Waals surface area contributed by atoms with Crippen LogP contribution in [-0.2, 0) is 9.53 Å². The molecule has 0 saturated heterocycles. The van der Waals surface area contributed by atoms with Gasteiger partial charge in [-0.3, -0.25) is 0 Å². The number of hydrogen-bond donors (Lipinski definition) is 1. The van der Waals surface area contributed by atoms with Gasteiger partial charge < -0.3 is 9.84 Å². The van der Waals surface area contributed by atoms with Crippen LogP contribution in [0.2, 0.25) is 0 Å². The van der Waals surface area contributed by atoms with E-state index in [9.17, 15) is 9.90 Å². The quantitative estimate of drug-likeness (QED) is 0.696. The molecular weight excluding hydrogens is 278 g/mol. The molecule has 4 heteroatoms. The molecule has 1 aliphatic rings. The Hall–Kier alpha value is -3.14. The minimum absolute atomic E-state index is 0.0891. The topological polar surface area (TPSA) is 58.9 Å². The molecule has 0 fully saturated rings. The third-order valence-electron chi connectivity index (χ3n) is 3.08. The third kappa shape index (κ3) is 3.12. The minimum atomic E-state index is -0.532. The molecular formula is C18H13NO3. The maximum absolute atomic E-state index is 11.8. The molecule has 0 bridgehead atoms. The molecule has 0 unspecified atom stereocenters. The highest BCUT2D eigenvalue weighted by atomic mass is 16.6. The van der Waals surface area contributed by atoms with Gasteiger partial charge in [-0.25, -0.2) is 9.79 Å². The van der Waals surface area contributed by atoms with E-state index in [2.05, 4.69) is 4.99 Å². The van der Waals surface area contributed by atoms with Crippen LogP contribution in [0.15, 0.2) is 71.4 Å². The van der Waals surface area contributed by atoms with E-state index < -0.39 is 5.97 Å². The lowest BCUT2D eigenvalue weighted by Gasteiger charge is -1.97. The van der Waals surface area contributed by atoms with Crippen molar-refractivity contribution in [3.05, 3.63) is 77.5 Å². The van der Waals surface area contributed by atoms with Crippen molar-refractivity contribution in [2.24, 2.45) is 4.99 Å². The normalized spacial score (nSPS) is 16.1. The van der Waals surface area contributed by atoms with Gasteiger partial charge in [0.05, 0.1) is 0 Å². The van der Waals surface area contributed by atoms with Crippen LogP contribution in [0.25, 0.3) is 12.2 Å². The highest BCUT2D eigenvalue weighted by Gasteiger charge is 2.21. The fourth-order valence-corrected chi connectivity index (χ4v) is 1.99. The zero-order valence-corrected chi connectivity index (χ0v) is 11.6. The van der Waals surface area contributed by atoms with Gasteiger partial charge in [0.15, 0.2) is 5.70 Å². The van der Waals surface area contributed by atoms with Crippen molar-refractivity contribution in [2.45, 2.75) is 0 Å². The number of cyclic esters (lactones) is 1. The van der Waals surface area contributed by atoms with Crippen LogP contribution in [-0.4, -0.2) is 17.0 Å². The lowest BCUT2D eigenvalue weighted by atomic mass is 10.1. The van der Waals surface area contributed by atoms with E-state index in [1.807, 2.05) is 36.4 Å². The molecule has 0 aromatic heterocycles. The van der Waals surface area contributed by atoms with E-state index in [4.69, 9.17) is 4.74 Å². The summed E-state index contributed by atoms with van der Waals surface area (Å²) in [5.41, 5.74) is 1.67. The van der Waals surface area contributed by atoms with Crippen molar-refractivity contribution in [1.29, 1.82) is 0 Å². The summed E-state index contributed by atoms with van der Waals surface area (Å²) in [6.45, 7) is 0. The van der Waals surface area contributed by atoms with Crippen LogP contribution in [0.5, 0.6) is 5.75 Å². The first kappa shape index (κ1) is 13.8. The number of nitrogens with zero attached hydrogens (tertiary/aromatic N) is 1. The van der Waals surface area contributed by atoms with Crippen molar-refractivity contribution < 1.29 is 14.6 Å². The first-order valence-electron chi connectivity index (χ1n) is 6.76. The second-order valence-electron chi connectivity index (χ2n) is 4.67. The van der Waals surface area contributed by atoms with Crippen molar-refractivity contribution in [2.75, 3.05) is 0 Å². The van der Waals surface area contributed by atoms with E-state index in [0.29, 0.717) is 5.56 Å². The van der Waals surface area contributed by atoms with Crippen molar-refractivity contribution in [3.8, 4) is 5.75 Å². The average Bonchev–Trinajstić information content (AvgIpc) is 2.89. The largest absolute Gasteiger partial charge is 0.507 e. The van der Waals surface area contributed by atoms with E-state index in [0.717, 1.165) is 5.56 Å². The lowest BCUT2D eigenvalue weighted by molar-refractivity contribution is -0.129. The first-order valence-corrected chi connectivity index (χ1v) is 6.76. The Kier molecular flexibility index (Phi) is 3.83. The average molecular weight is 291 g/mol. The minimum Gasteiger partial charge on any atom is -0.507 e. The lowest BCUT2D eigenvalue weighted by Crippen LogP contribution is -2.01. The number of phenols is 1. The molecule has 0 aliphatic carbocycles. The Morgan fingerprint density at radius 1 is 0.955 bits per heavy atom. The number of benzene rings is 2. The summed E-state index contributed by atoms with van der Waals surface area (Å²) in [6, 6.07) is 16.4. The zero-order chi connectivity index (χ0) is 15.4. The van der Waals surface area contributed by atoms with Gasteiger partial charge in [-0.15, -0.1) is 0 Å². The molecule has 0 saturated carbocycles. The maximum atomic E-state index is 11.8. The predicted octanol–water partition coefficient (Wildman–Crippen LogP) is 3.40. The molecule has 1 heterocycles. The summed E-state index contributed by atoms with van der Waals surface area (Å²) >= 11 is 0. The van der Waals surface area contributed by atoms with E-state index in [-0.39, 0.29) is 17.3 Å². The third-order valence-corrected chi connectivity index (χ3v) is 3.08. The number of carbonyl (C=O) groups is 1. The molecule has 3 rings (SSSR count). The Morgan fingerprint density at radius 3 is 2.45 bits per heavy atom. The smallest absolute Gasteiger partial charge is 0.363 e. The molecule has 1 N–H and O–H groups in total. The summed E-state index contributed by atoms with van der Waals surface area (Å²) in [5, 5.41) is 9.72. The summed E-state index contributed by atoms with van der Waals surface area (Å²) in [7, 11) is 0. The fraction of sp³-hybridized carbons (Fsp3) is 0. The number of esters is 1. The second-order valence-corrected chi connectivity index (χ2v) is 4.67. The van der Waals surface area contributed by atoms with Crippen LogP contribution in [0.4, 0.5) is 0 Å². The van der Waals surface area contributed by atoms with Gasteiger partial charge >= 0.3 is 5.97 Å². The number of aromatic hydroxyl groups is 1. The zero-order valence-electron chi connectivity index (χ0n) is 11.6. The Bertz CT molecular complexity index is 789. The van der Waals surface area contributed by atoms with Gasteiger partial charge in [0, 0.05) is 11.6 Å². The Morgan fingerprint density at radius 2 is 1.68 bits per heavy atom. The molecule has 108 valence electrons. The van der Waals surface area contributed by atoms with Gasteiger partial charge in [-0.05, 0) is 23.8 Å². The summed E-state index contributed by atoms with van der Waals surface area (Å²) < 4.78 is 5.08. The van der Waals surface area contributed by atoms with Crippen molar-refractivity contribution >= 4 is 24.0 Å². The summed E-state index contributed by atoms with van der Waals surface area (Å²) in [6.07, 6.45) is 4.95. The molecule has 0 radical (unpaired) electrons. The van der Waals surface area contributed by atoms with Crippen LogP contribution in [0.1, 0.15) is 11.1 Å². The first-order chi connectivity index (χ1) is 10.7. The number of hydrogen-bond acceptors (Lipinski definition) is 4. The predicted molar refractivity (Wildman–Crippen MR) is 85.1 cm³/mol. The van der Waals surface area contributed by atoms with Gasteiger partial charge in [-0.2, -0.15) is 0 Å². The molecule has 2 aromatic rings. The Labute approximate surface area is 127 Å². The van der Waals surface area contributed by atoms with Gasteiger partial charge in [0.25, 0.3) is 0 Å². The van der Waals surface area contributed by atoms with Gasteiger partial charge in [-0.1, -0.05) is 48.5 Å². The molecule has 2 aromatic carbocycles. The molecule has 22 heavy (non-hydrogen) atoms. The monoisotopic (exact) mass is 291 g/mol. The van der Waals surface area contributed by atoms with Crippen LogP contribution >= 0.6 is 0 Å². The van der Waals surface area contributed by atoms with E-state index >= 15 is 0 Å². The molecule has 0 atom stereocenters. The van der Waals surface area contributed by atoms with Crippen LogP contribution in [0.3, 0.4) is 0 Å². The van der Waals surface area contributed by atoms with Crippen molar-refractivity contribution in [3.63, 3.8) is 0 Å². The molecule has 1 aliphatic heterocycles.